The summed E-state index contributed by atoms with van der Waals surface area (Å²) in [7, 11) is -8.54. The molecule has 3 N–H and O–H groups in total. The number of sulfonamides is 2. The van der Waals surface area contributed by atoms with Crippen LogP contribution in [-0.4, -0.2) is 16.8 Å². The van der Waals surface area contributed by atoms with Crippen molar-refractivity contribution in [2.24, 2.45) is 5.14 Å². The molecule has 0 amide bonds. The summed E-state index contributed by atoms with van der Waals surface area (Å²) in [6.07, 6.45) is 0. The molecule has 90 valence electrons. The van der Waals surface area contributed by atoms with Gasteiger partial charge in [0.2, 0.25) is 10.0 Å². The van der Waals surface area contributed by atoms with Gasteiger partial charge in [0.05, 0.1) is 25.0 Å². The summed E-state index contributed by atoms with van der Waals surface area (Å²) in [5.41, 5.74) is 0. The predicted octanol–water partition coefficient (Wildman–Crippen LogP) is -1.61. The zero-order valence-electron chi connectivity index (χ0n) is 8.44. The summed E-state index contributed by atoms with van der Waals surface area (Å²) in [6, 6.07) is 1.56. The van der Waals surface area contributed by atoms with Gasteiger partial charge in [-0.2, -0.15) is 0 Å². The van der Waals surface area contributed by atoms with Crippen LogP contribution in [0.4, 0.5) is 0 Å². The van der Waals surface area contributed by atoms with Crippen LogP contribution in [0.3, 0.4) is 0 Å². The molecule has 11 heteroatoms. The van der Waals surface area contributed by atoms with Crippen LogP contribution >= 0.6 is 23.2 Å². The minimum Gasteiger partial charge on any atom is -0.560 e. The van der Waals surface area contributed by atoms with Gasteiger partial charge in [-0.1, -0.05) is 23.2 Å². The monoisotopic (exact) mass is 342 g/mol. The second kappa shape index (κ2) is 6.14. The molecular weight excluding hydrogens is 338 g/mol. The van der Waals surface area contributed by atoms with Crippen molar-refractivity contribution in [3.05, 3.63) is 27.3 Å². The van der Waals surface area contributed by atoms with Crippen LogP contribution in [-0.2, 0) is 20.0 Å². The third-order valence-corrected chi connectivity index (χ3v) is 4.29. The van der Waals surface area contributed by atoms with Gasteiger partial charge in [0.15, 0.2) is 0 Å². The second-order valence-corrected chi connectivity index (χ2v) is 6.56. The number of nitrogens with one attached hydrogen (secondary N) is 1. The van der Waals surface area contributed by atoms with Gasteiger partial charge < -0.3 is 5.14 Å². The molecule has 0 saturated carbocycles. The molecule has 1 rings (SSSR count). The first kappa shape index (κ1) is 18.3. The number of benzene rings is 1. The zero-order chi connectivity index (χ0) is 12.7. The van der Waals surface area contributed by atoms with E-state index in [2.05, 4.69) is 0 Å². The van der Waals surface area contributed by atoms with Crippen LogP contribution < -0.4 is 56.5 Å². The van der Waals surface area contributed by atoms with Crippen LogP contribution in [0.1, 0.15) is 0 Å². The van der Waals surface area contributed by atoms with Gasteiger partial charge in [0.1, 0.15) is 4.90 Å². The standard InChI is InChI=1S/C6H5Cl2N2O4S2.K/c7-4-1-3(15(9,11)12)2-5(6(4)8)16(10,13)14;/h1-2H,(H3-,9,10,11,12,13,14);/q-1;+1. The Labute approximate surface area is 151 Å². The Balaban J connectivity index is 0.00000256. The van der Waals surface area contributed by atoms with Gasteiger partial charge in [-0.05, 0) is 12.1 Å². The van der Waals surface area contributed by atoms with Gasteiger partial charge in [0.25, 0.3) is 0 Å². The summed E-state index contributed by atoms with van der Waals surface area (Å²) in [5.74, 6) is 0. The molecule has 6 nitrogen and oxygen atoms in total. The van der Waals surface area contributed by atoms with E-state index in [1.165, 1.54) is 0 Å². The molecule has 0 saturated heterocycles. The van der Waals surface area contributed by atoms with E-state index in [4.69, 9.17) is 33.5 Å². The maximum Gasteiger partial charge on any atom is 1.00 e. The Kier molecular flexibility index (Phi) is 6.59. The van der Waals surface area contributed by atoms with Crippen molar-refractivity contribution in [2.45, 2.75) is 9.79 Å². The smallest absolute Gasteiger partial charge is 0.560 e. The summed E-state index contributed by atoms with van der Waals surface area (Å²) < 4.78 is 43.9. The first-order valence-corrected chi connectivity index (χ1v) is 7.33. The summed E-state index contributed by atoms with van der Waals surface area (Å²) >= 11 is 11.1. The van der Waals surface area contributed by atoms with Crippen LogP contribution in [0, 0.1) is 0 Å². The second-order valence-electron chi connectivity index (χ2n) is 2.77. The molecule has 0 aliphatic rings. The molecule has 17 heavy (non-hydrogen) atoms. The van der Waals surface area contributed by atoms with Crippen molar-refractivity contribution in [3.63, 3.8) is 0 Å². The molecule has 0 spiro atoms. The number of primary sulfonamides is 1. The Hall–Kier alpha value is 1.26. The normalized spacial score (nSPS) is 12.0. The van der Waals surface area contributed by atoms with E-state index in [1.54, 1.807) is 0 Å². The predicted molar refractivity (Wildman–Crippen MR) is 59.3 cm³/mol. The zero-order valence-corrected chi connectivity index (χ0v) is 14.7. The molecule has 0 unspecified atom stereocenters. The summed E-state index contributed by atoms with van der Waals surface area (Å²) in [4.78, 5) is -1.22. The molecule has 0 aliphatic carbocycles. The molecule has 1 aromatic carbocycles. The number of rotatable bonds is 2. The molecule has 0 bridgehead atoms. The van der Waals surface area contributed by atoms with Gasteiger partial charge in [-0.3, -0.25) is 0 Å². The average molecular weight is 343 g/mol. The topological polar surface area (TPSA) is 118 Å². The Morgan fingerprint density at radius 2 is 1.59 bits per heavy atom. The van der Waals surface area contributed by atoms with Crippen LogP contribution in [0.2, 0.25) is 10.0 Å². The van der Waals surface area contributed by atoms with Crippen molar-refractivity contribution in [1.29, 1.82) is 0 Å². The maximum absolute atomic E-state index is 11.1. The average Bonchev–Trinajstić information content (AvgIpc) is 2.05. The number of hydrogen-bond donors (Lipinski definition) is 1. The molecule has 0 atom stereocenters. The Morgan fingerprint density at radius 1 is 1.12 bits per heavy atom. The molecule has 1 aromatic rings. The van der Waals surface area contributed by atoms with Crippen LogP contribution in [0.5, 0.6) is 0 Å². The number of halogens is 2. The third-order valence-electron chi connectivity index (χ3n) is 1.59. The first-order valence-electron chi connectivity index (χ1n) is 3.55. The van der Waals surface area contributed by atoms with Crippen molar-refractivity contribution >= 4 is 43.2 Å². The van der Waals surface area contributed by atoms with E-state index in [0.29, 0.717) is 6.07 Å². The van der Waals surface area contributed by atoms with Gasteiger partial charge in [-0.25, -0.2) is 22.0 Å². The molecule has 0 radical (unpaired) electrons. The fraction of sp³-hybridized carbons (Fsp3) is 0. The number of hydrogen-bond acceptors (Lipinski definition) is 4. The van der Waals surface area contributed by atoms with E-state index >= 15 is 0 Å². The van der Waals surface area contributed by atoms with E-state index in [-0.39, 0.29) is 61.4 Å². The Bertz CT molecular complexity index is 644. The van der Waals surface area contributed by atoms with Gasteiger partial charge >= 0.3 is 51.4 Å². The van der Waals surface area contributed by atoms with Crippen molar-refractivity contribution in [1.82, 2.24) is 0 Å². The van der Waals surface area contributed by atoms with E-state index in [0.717, 1.165) is 6.07 Å². The molecule has 0 heterocycles. The third kappa shape index (κ3) is 4.69. The molecular formula is C6H5Cl2KN2O4S2. The van der Waals surface area contributed by atoms with E-state index in [1.807, 2.05) is 0 Å². The molecule has 0 fully saturated rings. The summed E-state index contributed by atoms with van der Waals surface area (Å²) in [5, 5.41) is 10.9. The minimum atomic E-state index is -4.34. The van der Waals surface area contributed by atoms with Gasteiger partial charge in [0, 0.05) is 0 Å². The minimum absolute atomic E-state index is 0. The largest absolute Gasteiger partial charge is 1.00 e. The van der Waals surface area contributed by atoms with Crippen molar-refractivity contribution in [3.8, 4) is 0 Å². The molecule has 0 aromatic heterocycles. The SMILES string of the molecule is [K+].[NH-]S(=O)(=O)c1cc(Cl)c(Cl)c(S(N)(=O)=O)c1. The quantitative estimate of drug-likeness (QED) is 0.650. The van der Waals surface area contributed by atoms with Gasteiger partial charge in [-0.15, -0.1) is 0 Å². The first-order chi connectivity index (χ1) is 7.03. The fourth-order valence-electron chi connectivity index (χ4n) is 0.902. The summed E-state index contributed by atoms with van der Waals surface area (Å²) in [6.45, 7) is 0. The van der Waals surface area contributed by atoms with Crippen molar-refractivity contribution in [2.75, 3.05) is 0 Å². The molecule has 0 aliphatic heterocycles. The van der Waals surface area contributed by atoms with Crippen LogP contribution in [0.25, 0.3) is 5.14 Å². The van der Waals surface area contributed by atoms with E-state index < -0.39 is 29.8 Å². The Morgan fingerprint density at radius 3 is 1.94 bits per heavy atom. The van der Waals surface area contributed by atoms with Crippen molar-refractivity contribution < 1.29 is 68.2 Å². The maximum atomic E-state index is 11.1. The number of nitrogens with two attached hydrogens (primary N) is 1. The van der Waals surface area contributed by atoms with Crippen LogP contribution in [0.15, 0.2) is 21.9 Å². The fourth-order valence-corrected chi connectivity index (χ4v) is 2.95. The van der Waals surface area contributed by atoms with E-state index in [9.17, 15) is 16.8 Å².